The first-order valence-electron chi connectivity index (χ1n) is 4.68. The van der Waals surface area contributed by atoms with Crippen LogP contribution in [0.3, 0.4) is 0 Å². The molecule has 0 spiro atoms. The van der Waals surface area contributed by atoms with Crippen LogP contribution in [-0.4, -0.2) is 15.7 Å². The van der Waals surface area contributed by atoms with Crippen LogP contribution >= 0.6 is 0 Å². The molecule has 1 aliphatic rings. The van der Waals surface area contributed by atoms with E-state index in [2.05, 4.69) is 0 Å². The Kier molecular flexibility index (Phi) is 2.22. The summed E-state index contributed by atoms with van der Waals surface area (Å²) in [5.41, 5.74) is 0.0518. The third kappa shape index (κ3) is 1.67. The van der Waals surface area contributed by atoms with Crippen molar-refractivity contribution in [2.75, 3.05) is 6.61 Å². The molecule has 0 bridgehead atoms. The fraction of sp³-hybridized carbons (Fsp3) is 0.667. The minimum absolute atomic E-state index is 0.0518. The maximum Gasteiger partial charge on any atom is 0.330 e. The van der Waals surface area contributed by atoms with Crippen LogP contribution < -0.4 is 5.69 Å². The van der Waals surface area contributed by atoms with E-state index in [1.807, 2.05) is 13.1 Å². The summed E-state index contributed by atoms with van der Waals surface area (Å²) in [6.07, 6.45) is 5.91. The molecular weight excluding hydrogens is 168 g/mol. The second-order valence-electron chi connectivity index (χ2n) is 3.31. The lowest BCUT2D eigenvalue weighted by Gasteiger charge is -2.00. The minimum atomic E-state index is 0.0518. The van der Waals surface area contributed by atoms with Gasteiger partial charge in [0.25, 0.3) is 0 Å². The van der Waals surface area contributed by atoms with Gasteiger partial charge >= 0.3 is 5.69 Å². The minimum Gasteiger partial charge on any atom is -0.361 e. The summed E-state index contributed by atoms with van der Waals surface area (Å²) in [6, 6.07) is 0.454. The normalized spacial score (nSPS) is 16.4. The van der Waals surface area contributed by atoms with Gasteiger partial charge in [0, 0.05) is 25.0 Å². The molecule has 0 N–H and O–H groups in total. The molecule has 1 aliphatic carbocycles. The van der Waals surface area contributed by atoms with Crippen molar-refractivity contribution in [3.63, 3.8) is 0 Å². The predicted molar refractivity (Wildman–Crippen MR) is 48.6 cm³/mol. The Morgan fingerprint density at radius 1 is 1.54 bits per heavy atom. The fourth-order valence-electron chi connectivity index (χ4n) is 1.35. The van der Waals surface area contributed by atoms with E-state index in [-0.39, 0.29) is 5.69 Å². The molecule has 72 valence electrons. The van der Waals surface area contributed by atoms with Crippen molar-refractivity contribution in [2.45, 2.75) is 32.5 Å². The first kappa shape index (κ1) is 8.56. The zero-order chi connectivity index (χ0) is 9.26. The monoisotopic (exact) mass is 182 g/mol. The van der Waals surface area contributed by atoms with Crippen molar-refractivity contribution < 1.29 is 4.74 Å². The van der Waals surface area contributed by atoms with E-state index in [1.54, 1.807) is 15.3 Å². The zero-order valence-corrected chi connectivity index (χ0v) is 7.77. The first-order chi connectivity index (χ1) is 6.33. The number of rotatable bonds is 4. The molecule has 1 aromatic rings. The van der Waals surface area contributed by atoms with Crippen molar-refractivity contribution in [1.82, 2.24) is 9.13 Å². The number of nitrogens with zero attached hydrogens (tertiary/aromatic N) is 2. The van der Waals surface area contributed by atoms with E-state index in [4.69, 9.17) is 4.74 Å². The second kappa shape index (κ2) is 3.38. The molecule has 0 aromatic carbocycles. The topological polar surface area (TPSA) is 36.2 Å². The maximum atomic E-state index is 11.6. The van der Waals surface area contributed by atoms with Crippen LogP contribution in [0.15, 0.2) is 17.2 Å². The lowest BCUT2D eigenvalue weighted by molar-refractivity contribution is 0.0850. The molecule has 1 saturated carbocycles. The van der Waals surface area contributed by atoms with Crippen LogP contribution in [0.25, 0.3) is 0 Å². The molecule has 2 rings (SSSR count). The summed E-state index contributed by atoms with van der Waals surface area (Å²) >= 11 is 0. The molecule has 0 aliphatic heterocycles. The molecule has 4 heteroatoms. The second-order valence-corrected chi connectivity index (χ2v) is 3.31. The molecule has 1 aromatic heterocycles. The van der Waals surface area contributed by atoms with Crippen LogP contribution in [0.4, 0.5) is 0 Å². The third-order valence-electron chi connectivity index (χ3n) is 2.25. The maximum absolute atomic E-state index is 11.6. The molecule has 13 heavy (non-hydrogen) atoms. The Bertz CT molecular complexity index is 336. The van der Waals surface area contributed by atoms with Gasteiger partial charge in [-0.1, -0.05) is 0 Å². The van der Waals surface area contributed by atoms with Crippen molar-refractivity contribution >= 4 is 0 Å². The van der Waals surface area contributed by atoms with Gasteiger partial charge in [-0.2, -0.15) is 0 Å². The van der Waals surface area contributed by atoms with Crippen molar-refractivity contribution in [3.05, 3.63) is 22.9 Å². The molecule has 0 radical (unpaired) electrons. The van der Waals surface area contributed by atoms with Gasteiger partial charge < -0.3 is 4.74 Å². The van der Waals surface area contributed by atoms with E-state index >= 15 is 0 Å². The van der Waals surface area contributed by atoms with E-state index < -0.39 is 0 Å². The van der Waals surface area contributed by atoms with Crippen LogP contribution in [0, 0.1) is 0 Å². The first-order valence-corrected chi connectivity index (χ1v) is 4.68. The summed E-state index contributed by atoms with van der Waals surface area (Å²) in [4.78, 5) is 11.6. The highest BCUT2D eigenvalue weighted by atomic mass is 16.5. The number of imidazole rings is 1. The van der Waals surface area contributed by atoms with Gasteiger partial charge in [-0.25, -0.2) is 4.79 Å². The third-order valence-corrected chi connectivity index (χ3v) is 2.25. The predicted octanol–water partition coefficient (Wildman–Crippen LogP) is 0.979. The molecule has 0 amide bonds. The fourth-order valence-corrected chi connectivity index (χ4v) is 1.35. The van der Waals surface area contributed by atoms with E-state index in [9.17, 15) is 4.79 Å². The Morgan fingerprint density at radius 3 is 2.92 bits per heavy atom. The van der Waals surface area contributed by atoms with Gasteiger partial charge in [-0.3, -0.25) is 9.13 Å². The molecule has 1 heterocycles. The quantitative estimate of drug-likeness (QED) is 0.696. The number of hydrogen-bond acceptors (Lipinski definition) is 2. The van der Waals surface area contributed by atoms with Crippen LogP contribution in [0.5, 0.6) is 0 Å². The largest absolute Gasteiger partial charge is 0.361 e. The molecular formula is C9H14N2O2. The Labute approximate surface area is 76.7 Å². The van der Waals surface area contributed by atoms with Gasteiger partial charge in [-0.15, -0.1) is 0 Å². The van der Waals surface area contributed by atoms with E-state index in [0.717, 1.165) is 12.8 Å². The van der Waals surface area contributed by atoms with Crippen molar-refractivity contribution in [2.24, 2.45) is 0 Å². The average Bonchev–Trinajstić information content (AvgIpc) is 2.89. The lowest BCUT2D eigenvalue weighted by Crippen LogP contribution is -2.24. The molecule has 0 atom stereocenters. The summed E-state index contributed by atoms with van der Waals surface area (Å²) in [5, 5.41) is 0. The highest BCUT2D eigenvalue weighted by Gasteiger charge is 2.25. The Balaban J connectivity index is 2.13. The molecule has 0 unspecified atom stereocenters. The average molecular weight is 182 g/mol. The standard InChI is InChI=1S/C9H14N2O2/c1-2-13-7-10-5-6-11(9(10)12)8-3-4-8/h5-6,8H,2-4,7H2,1H3. The highest BCUT2D eigenvalue weighted by Crippen LogP contribution is 2.33. The number of ether oxygens (including phenoxy) is 1. The summed E-state index contributed by atoms with van der Waals surface area (Å²) in [5.74, 6) is 0. The summed E-state index contributed by atoms with van der Waals surface area (Å²) in [6.45, 7) is 2.93. The SMILES string of the molecule is CCOCn1ccn(C2CC2)c1=O. The van der Waals surface area contributed by atoms with Crippen molar-refractivity contribution in [3.8, 4) is 0 Å². The molecule has 1 fully saturated rings. The van der Waals surface area contributed by atoms with Gasteiger partial charge in [0.15, 0.2) is 0 Å². The highest BCUT2D eigenvalue weighted by molar-refractivity contribution is 4.90. The molecule has 4 nitrogen and oxygen atoms in total. The molecule has 0 saturated heterocycles. The number of hydrogen-bond donors (Lipinski definition) is 0. The Morgan fingerprint density at radius 2 is 2.31 bits per heavy atom. The van der Waals surface area contributed by atoms with Crippen LogP contribution in [-0.2, 0) is 11.5 Å². The van der Waals surface area contributed by atoms with E-state index in [1.165, 1.54) is 0 Å². The lowest BCUT2D eigenvalue weighted by atomic mass is 10.7. The van der Waals surface area contributed by atoms with E-state index in [0.29, 0.717) is 19.4 Å². The van der Waals surface area contributed by atoms with Crippen LogP contribution in [0.1, 0.15) is 25.8 Å². The van der Waals surface area contributed by atoms with Gasteiger partial charge in [0.2, 0.25) is 0 Å². The summed E-state index contributed by atoms with van der Waals surface area (Å²) in [7, 11) is 0. The van der Waals surface area contributed by atoms with Crippen LogP contribution in [0.2, 0.25) is 0 Å². The van der Waals surface area contributed by atoms with Gasteiger partial charge in [0.1, 0.15) is 6.73 Å². The van der Waals surface area contributed by atoms with Gasteiger partial charge in [0.05, 0.1) is 0 Å². The van der Waals surface area contributed by atoms with Crippen molar-refractivity contribution in [1.29, 1.82) is 0 Å². The number of aromatic nitrogens is 2. The summed E-state index contributed by atoms with van der Waals surface area (Å²) < 4.78 is 8.55. The smallest absolute Gasteiger partial charge is 0.330 e. The zero-order valence-electron chi connectivity index (χ0n) is 7.77. The Hall–Kier alpha value is -1.03. The van der Waals surface area contributed by atoms with Gasteiger partial charge in [-0.05, 0) is 19.8 Å².